The fourth-order valence-electron chi connectivity index (χ4n) is 3.12. The SMILES string of the molecule is CCc1ccc(C(=O)N2CCc3c(C)ccnc32)cc1S(C)(=O)=O. The predicted octanol–water partition coefficient (Wildman–Crippen LogP) is 2.56. The first kappa shape index (κ1) is 16.6. The first-order valence-electron chi connectivity index (χ1n) is 7.92. The lowest BCUT2D eigenvalue weighted by Crippen LogP contribution is -2.29. The lowest BCUT2D eigenvalue weighted by atomic mass is 10.1. The van der Waals surface area contributed by atoms with Gasteiger partial charge in [-0.25, -0.2) is 13.4 Å². The molecule has 0 aliphatic carbocycles. The number of anilines is 1. The maximum atomic E-state index is 12.9. The fourth-order valence-corrected chi connectivity index (χ4v) is 4.15. The van der Waals surface area contributed by atoms with Gasteiger partial charge in [0.2, 0.25) is 0 Å². The van der Waals surface area contributed by atoms with E-state index >= 15 is 0 Å². The molecule has 1 aromatic carbocycles. The van der Waals surface area contributed by atoms with Gasteiger partial charge in [0.05, 0.1) is 4.90 Å². The number of nitrogens with zero attached hydrogens (tertiary/aromatic N) is 2. The molecule has 0 fully saturated rings. The van der Waals surface area contributed by atoms with Crippen LogP contribution in [0.4, 0.5) is 5.82 Å². The zero-order chi connectivity index (χ0) is 17.5. The third-order valence-electron chi connectivity index (χ3n) is 4.45. The predicted molar refractivity (Wildman–Crippen MR) is 93.3 cm³/mol. The van der Waals surface area contributed by atoms with Gasteiger partial charge in [0.15, 0.2) is 9.84 Å². The van der Waals surface area contributed by atoms with E-state index in [-0.39, 0.29) is 10.8 Å². The molecule has 5 nitrogen and oxygen atoms in total. The van der Waals surface area contributed by atoms with Crippen LogP contribution >= 0.6 is 0 Å². The standard InChI is InChI=1S/C18H20N2O3S/c1-4-13-5-6-14(11-16(13)24(3,22)23)18(21)20-10-8-15-12(2)7-9-19-17(15)20/h5-7,9,11H,4,8,10H2,1-3H3. The van der Waals surface area contributed by atoms with E-state index in [1.807, 2.05) is 19.9 Å². The van der Waals surface area contributed by atoms with Gasteiger partial charge in [0, 0.05) is 24.6 Å². The first-order chi connectivity index (χ1) is 11.3. The number of rotatable bonds is 3. The molecule has 24 heavy (non-hydrogen) atoms. The number of hydrogen-bond acceptors (Lipinski definition) is 4. The monoisotopic (exact) mass is 344 g/mol. The summed E-state index contributed by atoms with van der Waals surface area (Å²) in [7, 11) is -3.38. The number of hydrogen-bond donors (Lipinski definition) is 0. The van der Waals surface area contributed by atoms with E-state index in [4.69, 9.17) is 0 Å². The average Bonchev–Trinajstić information content (AvgIpc) is 2.98. The van der Waals surface area contributed by atoms with Gasteiger partial charge >= 0.3 is 0 Å². The Kier molecular flexibility index (Phi) is 4.17. The minimum atomic E-state index is -3.38. The largest absolute Gasteiger partial charge is 0.292 e. The Morgan fingerprint density at radius 3 is 2.71 bits per heavy atom. The van der Waals surface area contributed by atoms with E-state index in [1.54, 1.807) is 23.2 Å². The number of carbonyl (C=O) groups excluding carboxylic acids is 1. The van der Waals surface area contributed by atoms with Gasteiger partial charge in [0.1, 0.15) is 5.82 Å². The molecule has 0 atom stereocenters. The van der Waals surface area contributed by atoms with Crippen molar-refractivity contribution in [2.45, 2.75) is 31.6 Å². The summed E-state index contributed by atoms with van der Waals surface area (Å²) in [5.74, 6) is 0.472. The number of sulfone groups is 1. The maximum Gasteiger partial charge on any atom is 0.259 e. The van der Waals surface area contributed by atoms with Crippen molar-refractivity contribution in [2.75, 3.05) is 17.7 Å². The maximum absolute atomic E-state index is 12.9. The Morgan fingerprint density at radius 1 is 1.29 bits per heavy atom. The van der Waals surface area contributed by atoms with Gasteiger partial charge in [-0.05, 0) is 54.7 Å². The van der Waals surface area contributed by atoms with Crippen molar-refractivity contribution in [3.8, 4) is 0 Å². The summed E-state index contributed by atoms with van der Waals surface area (Å²) in [6.45, 7) is 4.47. The molecular formula is C18H20N2O3S. The minimum absolute atomic E-state index is 0.209. The topological polar surface area (TPSA) is 67.3 Å². The third-order valence-corrected chi connectivity index (χ3v) is 5.63. The molecular weight excluding hydrogens is 324 g/mol. The molecule has 1 amide bonds. The van der Waals surface area contributed by atoms with Crippen molar-refractivity contribution in [1.29, 1.82) is 0 Å². The van der Waals surface area contributed by atoms with Gasteiger partial charge in [-0.15, -0.1) is 0 Å². The molecule has 0 saturated heterocycles. The van der Waals surface area contributed by atoms with Crippen LogP contribution in [0.3, 0.4) is 0 Å². The number of aromatic nitrogens is 1. The summed E-state index contributed by atoms with van der Waals surface area (Å²) < 4.78 is 24.0. The van der Waals surface area contributed by atoms with Crippen LogP contribution in [0.2, 0.25) is 0 Å². The molecule has 0 saturated carbocycles. The summed E-state index contributed by atoms with van der Waals surface area (Å²) in [5, 5.41) is 0. The van der Waals surface area contributed by atoms with Gasteiger partial charge in [-0.1, -0.05) is 13.0 Å². The van der Waals surface area contributed by atoms with E-state index in [0.29, 0.717) is 24.3 Å². The third kappa shape index (κ3) is 2.82. The summed E-state index contributed by atoms with van der Waals surface area (Å²) >= 11 is 0. The highest BCUT2D eigenvalue weighted by atomic mass is 32.2. The highest BCUT2D eigenvalue weighted by Gasteiger charge is 2.28. The molecule has 2 aromatic rings. The second-order valence-corrected chi connectivity index (χ2v) is 8.07. The highest BCUT2D eigenvalue weighted by Crippen LogP contribution is 2.30. The molecule has 0 spiro atoms. The van der Waals surface area contributed by atoms with E-state index in [2.05, 4.69) is 4.98 Å². The number of amides is 1. The Morgan fingerprint density at radius 2 is 2.04 bits per heavy atom. The second-order valence-electron chi connectivity index (χ2n) is 6.09. The zero-order valence-corrected chi connectivity index (χ0v) is 14.9. The van der Waals surface area contributed by atoms with E-state index in [1.165, 1.54) is 12.3 Å². The number of carbonyl (C=O) groups is 1. The highest BCUT2D eigenvalue weighted by molar-refractivity contribution is 7.90. The smallest absolute Gasteiger partial charge is 0.259 e. The van der Waals surface area contributed by atoms with Crippen LogP contribution in [-0.2, 0) is 22.7 Å². The molecule has 1 aliphatic heterocycles. The Bertz CT molecular complexity index is 920. The summed E-state index contributed by atoms with van der Waals surface area (Å²) in [6.07, 6.45) is 4.24. The van der Waals surface area contributed by atoms with Gasteiger partial charge in [0.25, 0.3) is 5.91 Å². The van der Waals surface area contributed by atoms with E-state index in [9.17, 15) is 13.2 Å². The van der Waals surface area contributed by atoms with Crippen molar-refractivity contribution in [1.82, 2.24) is 4.98 Å². The minimum Gasteiger partial charge on any atom is -0.292 e. The average molecular weight is 344 g/mol. The second kappa shape index (κ2) is 6.02. The summed E-state index contributed by atoms with van der Waals surface area (Å²) in [6, 6.07) is 6.85. The van der Waals surface area contributed by atoms with Crippen LogP contribution in [0.1, 0.15) is 34.0 Å². The van der Waals surface area contributed by atoms with Crippen molar-refractivity contribution in [2.24, 2.45) is 0 Å². The van der Waals surface area contributed by atoms with Crippen LogP contribution in [0, 0.1) is 6.92 Å². The molecule has 1 aliphatic rings. The van der Waals surface area contributed by atoms with Crippen LogP contribution in [-0.4, -0.2) is 32.1 Å². The molecule has 0 N–H and O–H groups in total. The lowest BCUT2D eigenvalue weighted by Gasteiger charge is -2.17. The van der Waals surface area contributed by atoms with Gasteiger partial charge in [-0.2, -0.15) is 0 Å². The Hall–Kier alpha value is -2.21. The molecule has 0 unspecified atom stereocenters. The lowest BCUT2D eigenvalue weighted by molar-refractivity contribution is 0.0988. The van der Waals surface area contributed by atoms with E-state index < -0.39 is 9.84 Å². The summed E-state index contributed by atoms with van der Waals surface area (Å²) in [5.41, 5.74) is 3.31. The number of fused-ring (bicyclic) bond motifs is 1. The number of benzene rings is 1. The molecule has 0 radical (unpaired) electrons. The van der Waals surface area contributed by atoms with Crippen molar-refractivity contribution in [3.63, 3.8) is 0 Å². The molecule has 126 valence electrons. The number of aryl methyl sites for hydroxylation is 2. The van der Waals surface area contributed by atoms with Crippen LogP contribution < -0.4 is 4.90 Å². The van der Waals surface area contributed by atoms with E-state index in [0.717, 1.165) is 23.1 Å². The summed E-state index contributed by atoms with van der Waals surface area (Å²) in [4.78, 5) is 19.1. The Labute approximate surface area is 142 Å². The Balaban J connectivity index is 2.03. The molecule has 1 aromatic heterocycles. The molecule has 6 heteroatoms. The fraction of sp³-hybridized carbons (Fsp3) is 0.333. The van der Waals surface area contributed by atoms with Crippen LogP contribution in [0.25, 0.3) is 0 Å². The quantitative estimate of drug-likeness (QED) is 0.858. The molecule has 2 heterocycles. The van der Waals surface area contributed by atoms with Crippen molar-refractivity contribution < 1.29 is 13.2 Å². The van der Waals surface area contributed by atoms with Crippen LogP contribution in [0.15, 0.2) is 35.4 Å². The van der Waals surface area contributed by atoms with Gasteiger partial charge in [-0.3, -0.25) is 9.69 Å². The van der Waals surface area contributed by atoms with Crippen LogP contribution in [0.5, 0.6) is 0 Å². The zero-order valence-electron chi connectivity index (χ0n) is 14.0. The van der Waals surface area contributed by atoms with Crippen molar-refractivity contribution >= 4 is 21.6 Å². The molecule has 3 rings (SSSR count). The van der Waals surface area contributed by atoms with Crippen molar-refractivity contribution in [3.05, 3.63) is 52.7 Å². The molecule has 0 bridgehead atoms. The normalized spacial score (nSPS) is 13.9. The first-order valence-corrected chi connectivity index (χ1v) is 9.81. The van der Waals surface area contributed by atoms with Gasteiger partial charge < -0.3 is 0 Å². The number of pyridine rings is 1.